The molecule has 0 radical (unpaired) electrons. The van der Waals surface area contributed by atoms with Crippen molar-refractivity contribution in [3.05, 3.63) is 59.4 Å². The third kappa shape index (κ3) is 2.52. The van der Waals surface area contributed by atoms with Crippen molar-refractivity contribution >= 4 is 34.3 Å². The van der Waals surface area contributed by atoms with Gasteiger partial charge in [-0.3, -0.25) is 0 Å². The molecule has 0 saturated heterocycles. The summed E-state index contributed by atoms with van der Waals surface area (Å²) < 4.78 is 0. The number of pyridine rings is 1. The number of aromatic nitrogens is 2. The van der Waals surface area contributed by atoms with Crippen LogP contribution in [-0.2, 0) is 5.75 Å². The second kappa shape index (κ2) is 5.04. The Morgan fingerprint density at radius 3 is 2.83 bits per heavy atom. The van der Waals surface area contributed by atoms with Gasteiger partial charge in [-0.15, -0.1) is 11.8 Å². The fraction of sp³-hybridized carbons (Fsp3) is 0.0714. The molecule has 4 heteroatoms. The highest BCUT2D eigenvalue weighted by Gasteiger charge is 2.01. The fourth-order valence-electron chi connectivity index (χ4n) is 1.78. The number of para-hydroxylation sites is 1. The average Bonchev–Trinajstić information content (AvgIpc) is 2.81. The van der Waals surface area contributed by atoms with E-state index in [-0.39, 0.29) is 0 Å². The second-order valence-electron chi connectivity index (χ2n) is 4.00. The molecular formula is C14H11ClN2S. The summed E-state index contributed by atoms with van der Waals surface area (Å²) in [6.07, 6.45) is 1.82. The van der Waals surface area contributed by atoms with E-state index in [0.29, 0.717) is 5.15 Å². The SMILES string of the molecule is Clc1ccc(CSc2cc3ccccc3[nH]2)cn1. The molecule has 2 heterocycles. The van der Waals surface area contributed by atoms with Crippen molar-refractivity contribution in [2.75, 3.05) is 0 Å². The Morgan fingerprint density at radius 1 is 1.17 bits per heavy atom. The summed E-state index contributed by atoms with van der Waals surface area (Å²) in [5, 5.41) is 2.95. The Hall–Kier alpha value is -1.45. The van der Waals surface area contributed by atoms with Crippen LogP contribution in [0.2, 0.25) is 5.15 Å². The van der Waals surface area contributed by atoms with Crippen LogP contribution in [0.4, 0.5) is 0 Å². The molecule has 3 aromatic rings. The molecule has 0 bridgehead atoms. The highest BCUT2D eigenvalue weighted by Crippen LogP contribution is 2.26. The number of benzene rings is 1. The monoisotopic (exact) mass is 274 g/mol. The van der Waals surface area contributed by atoms with Crippen LogP contribution in [0.15, 0.2) is 53.7 Å². The summed E-state index contributed by atoms with van der Waals surface area (Å²) in [7, 11) is 0. The summed E-state index contributed by atoms with van der Waals surface area (Å²) in [5.41, 5.74) is 2.34. The first-order valence-corrected chi connectivity index (χ1v) is 6.98. The van der Waals surface area contributed by atoms with Crippen molar-refractivity contribution in [1.29, 1.82) is 0 Å². The lowest BCUT2D eigenvalue weighted by Gasteiger charge is -1.99. The zero-order chi connectivity index (χ0) is 12.4. The maximum absolute atomic E-state index is 5.76. The Morgan fingerprint density at radius 2 is 2.06 bits per heavy atom. The van der Waals surface area contributed by atoms with Crippen LogP contribution in [0.3, 0.4) is 0 Å². The van der Waals surface area contributed by atoms with Gasteiger partial charge in [0.2, 0.25) is 0 Å². The van der Waals surface area contributed by atoms with Crippen LogP contribution in [0, 0.1) is 0 Å². The van der Waals surface area contributed by atoms with Crippen molar-refractivity contribution in [2.24, 2.45) is 0 Å². The van der Waals surface area contributed by atoms with Gasteiger partial charge < -0.3 is 4.98 Å². The van der Waals surface area contributed by atoms with Crippen molar-refractivity contribution in [3.8, 4) is 0 Å². The first kappa shape index (κ1) is 11.6. The number of hydrogen-bond donors (Lipinski definition) is 1. The van der Waals surface area contributed by atoms with Crippen molar-refractivity contribution in [1.82, 2.24) is 9.97 Å². The molecule has 1 N–H and O–H groups in total. The molecular weight excluding hydrogens is 264 g/mol. The Kier molecular flexibility index (Phi) is 3.26. The van der Waals surface area contributed by atoms with E-state index >= 15 is 0 Å². The van der Waals surface area contributed by atoms with Gasteiger partial charge >= 0.3 is 0 Å². The lowest BCUT2D eigenvalue weighted by atomic mass is 10.3. The quantitative estimate of drug-likeness (QED) is 0.562. The van der Waals surface area contributed by atoms with E-state index in [1.54, 1.807) is 11.8 Å². The van der Waals surface area contributed by atoms with Gasteiger partial charge in [-0.1, -0.05) is 35.9 Å². The molecule has 0 fully saturated rings. The highest BCUT2D eigenvalue weighted by atomic mass is 35.5. The largest absolute Gasteiger partial charge is 0.350 e. The molecule has 0 aliphatic rings. The molecule has 2 nitrogen and oxygen atoms in total. The van der Waals surface area contributed by atoms with Gasteiger partial charge in [-0.2, -0.15) is 0 Å². The normalized spacial score (nSPS) is 10.9. The van der Waals surface area contributed by atoms with E-state index in [9.17, 15) is 0 Å². The van der Waals surface area contributed by atoms with Gasteiger partial charge in [0.25, 0.3) is 0 Å². The Labute approximate surface area is 114 Å². The van der Waals surface area contributed by atoms with Crippen molar-refractivity contribution < 1.29 is 0 Å². The molecule has 18 heavy (non-hydrogen) atoms. The summed E-state index contributed by atoms with van der Waals surface area (Å²) >= 11 is 7.52. The molecule has 0 spiro atoms. The van der Waals surface area contributed by atoms with Crippen LogP contribution in [0.25, 0.3) is 10.9 Å². The molecule has 2 aromatic heterocycles. The van der Waals surface area contributed by atoms with Gasteiger partial charge in [-0.05, 0) is 23.8 Å². The number of H-pyrrole nitrogens is 1. The number of fused-ring (bicyclic) bond motifs is 1. The molecule has 0 atom stereocenters. The number of rotatable bonds is 3. The maximum Gasteiger partial charge on any atom is 0.129 e. The average molecular weight is 275 g/mol. The third-order valence-corrected chi connectivity index (χ3v) is 3.92. The molecule has 0 aliphatic heterocycles. The van der Waals surface area contributed by atoms with Gasteiger partial charge in [0, 0.05) is 22.9 Å². The number of hydrogen-bond acceptors (Lipinski definition) is 2. The zero-order valence-corrected chi connectivity index (χ0v) is 11.1. The highest BCUT2D eigenvalue weighted by molar-refractivity contribution is 7.98. The minimum absolute atomic E-state index is 0.536. The van der Waals surface area contributed by atoms with Crippen LogP contribution >= 0.6 is 23.4 Å². The molecule has 0 unspecified atom stereocenters. The molecule has 1 aromatic carbocycles. The van der Waals surface area contributed by atoms with Crippen LogP contribution in [-0.4, -0.2) is 9.97 Å². The topological polar surface area (TPSA) is 28.7 Å². The van der Waals surface area contributed by atoms with Gasteiger partial charge in [0.1, 0.15) is 5.15 Å². The minimum Gasteiger partial charge on any atom is -0.350 e. The van der Waals surface area contributed by atoms with Crippen LogP contribution in [0.5, 0.6) is 0 Å². The van der Waals surface area contributed by atoms with E-state index < -0.39 is 0 Å². The van der Waals surface area contributed by atoms with Crippen molar-refractivity contribution in [2.45, 2.75) is 10.8 Å². The number of thioether (sulfide) groups is 1. The smallest absolute Gasteiger partial charge is 0.129 e. The van der Waals surface area contributed by atoms with E-state index in [0.717, 1.165) is 5.75 Å². The summed E-state index contributed by atoms with van der Waals surface area (Å²) in [5.74, 6) is 0.886. The first-order valence-electron chi connectivity index (χ1n) is 5.62. The lowest BCUT2D eigenvalue weighted by molar-refractivity contribution is 1.21. The Bertz CT molecular complexity index is 628. The third-order valence-electron chi connectivity index (χ3n) is 2.69. The molecule has 0 amide bonds. The summed E-state index contributed by atoms with van der Waals surface area (Å²) in [6, 6.07) is 14.3. The predicted molar refractivity (Wildman–Crippen MR) is 77.1 cm³/mol. The number of nitrogens with one attached hydrogen (secondary N) is 1. The second-order valence-corrected chi connectivity index (χ2v) is 5.40. The Balaban J connectivity index is 1.74. The summed E-state index contributed by atoms with van der Waals surface area (Å²) in [6.45, 7) is 0. The van der Waals surface area contributed by atoms with Crippen LogP contribution < -0.4 is 0 Å². The lowest BCUT2D eigenvalue weighted by Crippen LogP contribution is -1.82. The number of nitrogens with zero attached hydrogens (tertiary/aromatic N) is 1. The molecule has 0 aliphatic carbocycles. The van der Waals surface area contributed by atoms with Crippen LogP contribution in [0.1, 0.15) is 5.56 Å². The van der Waals surface area contributed by atoms with Gasteiger partial charge in [0.15, 0.2) is 0 Å². The van der Waals surface area contributed by atoms with Gasteiger partial charge in [-0.25, -0.2) is 4.98 Å². The standard InChI is InChI=1S/C14H11ClN2S/c15-13-6-5-10(8-16-13)9-18-14-7-11-3-1-2-4-12(11)17-14/h1-8,17H,9H2. The fourth-order valence-corrected chi connectivity index (χ4v) is 2.77. The molecule has 0 saturated carbocycles. The van der Waals surface area contributed by atoms with E-state index in [1.165, 1.54) is 21.5 Å². The maximum atomic E-state index is 5.76. The molecule has 3 rings (SSSR count). The van der Waals surface area contributed by atoms with E-state index in [4.69, 9.17) is 11.6 Å². The van der Waals surface area contributed by atoms with E-state index in [1.807, 2.05) is 30.5 Å². The van der Waals surface area contributed by atoms with Gasteiger partial charge in [0.05, 0.1) is 5.03 Å². The van der Waals surface area contributed by atoms with E-state index in [2.05, 4.69) is 28.2 Å². The summed E-state index contributed by atoms with van der Waals surface area (Å²) in [4.78, 5) is 7.47. The van der Waals surface area contributed by atoms with Crippen molar-refractivity contribution in [3.63, 3.8) is 0 Å². The predicted octanol–water partition coefficient (Wildman–Crippen LogP) is 4.51. The molecule has 90 valence electrons. The number of halogens is 1. The zero-order valence-electron chi connectivity index (χ0n) is 9.56. The number of aromatic amines is 1. The first-order chi connectivity index (χ1) is 8.81. The minimum atomic E-state index is 0.536.